The fourth-order valence-electron chi connectivity index (χ4n) is 0.701. The van der Waals surface area contributed by atoms with Crippen molar-refractivity contribution >= 4 is 0 Å². The van der Waals surface area contributed by atoms with Crippen molar-refractivity contribution in [1.29, 1.82) is 0 Å². The summed E-state index contributed by atoms with van der Waals surface area (Å²) in [5.41, 5.74) is 5.40. The lowest BCUT2D eigenvalue weighted by Gasteiger charge is -1.96. The molecule has 0 amide bonds. The zero-order valence-electron chi connectivity index (χ0n) is 4.79. The molecule has 0 saturated heterocycles. The molecule has 0 bridgehead atoms. The van der Waals surface area contributed by atoms with Crippen molar-refractivity contribution in [3.63, 3.8) is 0 Å². The van der Waals surface area contributed by atoms with Gasteiger partial charge in [0.2, 0.25) is 12.2 Å². The highest BCUT2D eigenvalue weighted by Crippen LogP contribution is 2.40. The molecule has 4 heteroatoms. The van der Waals surface area contributed by atoms with E-state index in [1.54, 1.807) is 0 Å². The highest BCUT2D eigenvalue weighted by Gasteiger charge is 2.45. The van der Waals surface area contributed by atoms with Gasteiger partial charge in [0.25, 0.3) is 0 Å². The van der Waals surface area contributed by atoms with Crippen LogP contribution in [0.1, 0.15) is 18.7 Å². The molecular weight excluding hydrogens is 118 g/mol. The van der Waals surface area contributed by atoms with Gasteiger partial charge in [-0.25, -0.2) is 0 Å². The summed E-state index contributed by atoms with van der Waals surface area (Å²) in [5, 5.41) is 3.34. The first kappa shape index (κ1) is 4.93. The summed E-state index contributed by atoms with van der Waals surface area (Å²) in [7, 11) is 0. The van der Waals surface area contributed by atoms with Crippen LogP contribution in [0.3, 0.4) is 0 Å². The summed E-state index contributed by atoms with van der Waals surface area (Å²) in [5.74, 6) is 0.516. The van der Waals surface area contributed by atoms with Crippen LogP contribution in [-0.2, 0) is 5.54 Å². The summed E-state index contributed by atoms with van der Waals surface area (Å²) in [6.45, 7) is 0. The van der Waals surface area contributed by atoms with Crippen molar-refractivity contribution in [1.82, 2.24) is 10.1 Å². The van der Waals surface area contributed by atoms with Gasteiger partial charge in [0.1, 0.15) is 0 Å². The summed E-state index contributed by atoms with van der Waals surface area (Å²) in [4.78, 5) is 3.72. The molecule has 1 aromatic heterocycles. The molecule has 1 radical (unpaired) electrons. The molecule has 0 unspecified atom stereocenters. The standard InChI is InChI=1S/C5H6N3O/c6-5(1-2-5)4-7-3-8-9-4/h1-2,6H2. The topological polar surface area (TPSA) is 64.9 Å². The van der Waals surface area contributed by atoms with E-state index in [-0.39, 0.29) is 5.54 Å². The van der Waals surface area contributed by atoms with Gasteiger partial charge in [-0.1, -0.05) is 5.16 Å². The first-order chi connectivity index (χ1) is 4.31. The Bertz CT molecular complexity index is 202. The third-order valence-corrected chi connectivity index (χ3v) is 1.54. The van der Waals surface area contributed by atoms with E-state index in [0.717, 1.165) is 12.8 Å². The SMILES string of the molecule is NC1(c2n[c]no2)CC1. The molecule has 1 heterocycles. The largest absolute Gasteiger partial charge is 0.337 e. The highest BCUT2D eigenvalue weighted by molar-refractivity contribution is 5.09. The maximum atomic E-state index is 5.70. The van der Waals surface area contributed by atoms with E-state index in [0.29, 0.717) is 5.89 Å². The van der Waals surface area contributed by atoms with E-state index in [4.69, 9.17) is 10.3 Å². The van der Waals surface area contributed by atoms with Crippen molar-refractivity contribution in [3.05, 3.63) is 12.2 Å². The van der Waals surface area contributed by atoms with E-state index in [1.807, 2.05) is 0 Å². The summed E-state index contributed by atoms with van der Waals surface area (Å²) >= 11 is 0. The number of nitrogens with two attached hydrogens (primary N) is 1. The van der Waals surface area contributed by atoms with Gasteiger partial charge in [-0.15, -0.1) is 0 Å². The fourth-order valence-corrected chi connectivity index (χ4v) is 0.701. The number of aromatic nitrogens is 2. The summed E-state index contributed by atoms with van der Waals surface area (Å²) in [6.07, 6.45) is 4.22. The molecule has 1 fully saturated rings. The predicted octanol–water partition coefficient (Wildman–Crippen LogP) is -0.182. The van der Waals surface area contributed by atoms with Crippen molar-refractivity contribution in [2.45, 2.75) is 18.4 Å². The molecule has 47 valence electrons. The smallest absolute Gasteiger partial charge is 0.247 e. The van der Waals surface area contributed by atoms with Gasteiger partial charge in [-0.2, -0.15) is 4.98 Å². The van der Waals surface area contributed by atoms with Gasteiger partial charge >= 0.3 is 0 Å². The van der Waals surface area contributed by atoms with Crippen molar-refractivity contribution in [2.24, 2.45) is 5.73 Å². The molecule has 0 aromatic carbocycles. The number of rotatable bonds is 1. The highest BCUT2D eigenvalue weighted by atomic mass is 16.5. The van der Waals surface area contributed by atoms with Gasteiger partial charge < -0.3 is 10.3 Å². The predicted molar refractivity (Wildman–Crippen MR) is 28.2 cm³/mol. The first-order valence-electron chi connectivity index (χ1n) is 2.80. The Balaban J connectivity index is 2.34. The average molecular weight is 124 g/mol. The molecule has 0 atom stereocenters. The van der Waals surface area contributed by atoms with Crippen LogP contribution in [0.2, 0.25) is 0 Å². The normalized spacial score (nSPS) is 21.9. The summed E-state index contributed by atoms with van der Waals surface area (Å²) < 4.78 is 4.72. The Morgan fingerprint density at radius 1 is 1.67 bits per heavy atom. The third-order valence-electron chi connectivity index (χ3n) is 1.54. The van der Waals surface area contributed by atoms with E-state index >= 15 is 0 Å². The third kappa shape index (κ3) is 0.632. The zero-order chi connectivity index (χ0) is 6.32. The van der Waals surface area contributed by atoms with Gasteiger partial charge in [-0.3, -0.25) is 0 Å². The van der Waals surface area contributed by atoms with Crippen LogP contribution < -0.4 is 5.73 Å². The van der Waals surface area contributed by atoms with E-state index in [2.05, 4.69) is 16.5 Å². The molecule has 1 aromatic rings. The Labute approximate surface area is 52.0 Å². The van der Waals surface area contributed by atoms with Gasteiger partial charge in [0.05, 0.1) is 5.54 Å². The lowest BCUT2D eigenvalue weighted by molar-refractivity contribution is 0.346. The van der Waals surface area contributed by atoms with Gasteiger partial charge in [0, 0.05) is 0 Å². The number of hydrogen-bond acceptors (Lipinski definition) is 4. The minimum Gasteiger partial charge on any atom is -0.337 e. The van der Waals surface area contributed by atoms with E-state index < -0.39 is 0 Å². The van der Waals surface area contributed by atoms with Crippen LogP contribution >= 0.6 is 0 Å². The minimum absolute atomic E-state index is 0.299. The zero-order valence-corrected chi connectivity index (χ0v) is 4.79. The Hall–Kier alpha value is -0.900. The second-order valence-corrected chi connectivity index (χ2v) is 2.36. The molecule has 1 aliphatic rings. The van der Waals surface area contributed by atoms with Crippen LogP contribution in [-0.4, -0.2) is 10.1 Å². The van der Waals surface area contributed by atoms with Crippen LogP contribution in [0.4, 0.5) is 0 Å². The quantitative estimate of drug-likeness (QED) is 0.563. The monoisotopic (exact) mass is 124 g/mol. The molecule has 2 N–H and O–H groups in total. The van der Waals surface area contributed by atoms with Crippen LogP contribution in [0, 0.1) is 6.33 Å². The molecule has 0 aliphatic heterocycles. The van der Waals surface area contributed by atoms with Gasteiger partial charge in [-0.05, 0) is 12.8 Å². The first-order valence-corrected chi connectivity index (χ1v) is 2.80. The second-order valence-electron chi connectivity index (χ2n) is 2.36. The molecule has 4 nitrogen and oxygen atoms in total. The van der Waals surface area contributed by atoms with Crippen LogP contribution in [0.25, 0.3) is 0 Å². The van der Waals surface area contributed by atoms with Crippen LogP contribution in [0.15, 0.2) is 4.52 Å². The minimum atomic E-state index is -0.299. The lowest BCUT2D eigenvalue weighted by atomic mass is 10.3. The maximum Gasteiger partial charge on any atom is 0.247 e. The fraction of sp³-hybridized carbons (Fsp3) is 0.600. The molecule has 0 spiro atoms. The maximum absolute atomic E-state index is 5.70. The lowest BCUT2D eigenvalue weighted by Crippen LogP contribution is -2.18. The van der Waals surface area contributed by atoms with Crippen molar-refractivity contribution in [3.8, 4) is 0 Å². The second kappa shape index (κ2) is 1.33. The van der Waals surface area contributed by atoms with E-state index in [9.17, 15) is 0 Å². The molecule has 1 saturated carbocycles. The average Bonchev–Trinajstić information content (AvgIpc) is 2.46. The van der Waals surface area contributed by atoms with Crippen molar-refractivity contribution < 1.29 is 4.52 Å². The molecule has 9 heavy (non-hydrogen) atoms. The van der Waals surface area contributed by atoms with Crippen LogP contribution in [0.5, 0.6) is 0 Å². The molecule has 2 rings (SSSR count). The Morgan fingerprint density at radius 2 is 2.44 bits per heavy atom. The Morgan fingerprint density at radius 3 is 2.89 bits per heavy atom. The van der Waals surface area contributed by atoms with Gasteiger partial charge in [0.15, 0.2) is 0 Å². The van der Waals surface area contributed by atoms with Crippen molar-refractivity contribution in [2.75, 3.05) is 0 Å². The molecule has 1 aliphatic carbocycles. The summed E-state index contributed by atoms with van der Waals surface area (Å²) in [6, 6.07) is 0. The molecular formula is C5H6N3O. The Kier molecular flexibility index (Phi) is 0.728. The number of hydrogen-bond donors (Lipinski definition) is 1. The van der Waals surface area contributed by atoms with E-state index in [1.165, 1.54) is 0 Å². The number of nitrogens with zero attached hydrogens (tertiary/aromatic N) is 2.